The minimum Gasteiger partial charge on any atom is -0.481 e. The molecule has 1 saturated carbocycles. The summed E-state index contributed by atoms with van der Waals surface area (Å²) in [5.74, 6) is 1.36. The highest BCUT2D eigenvalue weighted by atomic mass is 16.5. The van der Waals surface area contributed by atoms with Gasteiger partial charge in [0.15, 0.2) is 5.69 Å². The normalized spacial score (nSPS) is 21.9. The summed E-state index contributed by atoms with van der Waals surface area (Å²) in [5, 5.41) is 10.4. The van der Waals surface area contributed by atoms with Gasteiger partial charge in [-0.05, 0) is 56.6 Å². The van der Waals surface area contributed by atoms with Crippen LogP contribution in [-0.2, 0) is 4.79 Å². The van der Waals surface area contributed by atoms with E-state index in [-0.39, 0.29) is 17.7 Å². The molecule has 4 rings (SSSR count). The number of nitrogens with zero attached hydrogens (tertiary/aromatic N) is 3. The molecule has 1 aliphatic heterocycles. The minimum absolute atomic E-state index is 0.0121. The first kappa shape index (κ1) is 22.3. The van der Waals surface area contributed by atoms with Crippen molar-refractivity contribution in [1.29, 1.82) is 0 Å². The smallest absolute Gasteiger partial charge is 0.274 e. The van der Waals surface area contributed by atoms with Crippen LogP contribution < -0.4 is 10.1 Å². The number of nitrogens with one attached hydrogen (secondary N) is 2. The van der Waals surface area contributed by atoms with Crippen LogP contribution in [0.15, 0.2) is 24.4 Å². The van der Waals surface area contributed by atoms with E-state index in [4.69, 9.17) is 4.74 Å². The molecule has 0 radical (unpaired) electrons. The van der Waals surface area contributed by atoms with Crippen molar-refractivity contribution in [3.05, 3.63) is 30.1 Å². The number of aromatic amines is 1. The average molecular weight is 440 g/mol. The quantitative estimate of drug-likeness (QED) is 0.718. The summed E-state index contributed by atoms with van der Waals surface area (Å²) in [6.07, 6.45) is 8.89. The van der Waals surface area contributed by atoms with E-state index in [1.807, 2.05) is 6.07 Å². The summed E-state index contributed by atoms with van der Waals surface area (Å²) >= 11 is 0. The van der Waals surface area contributed by atoms with Gasteiger partial charge in [-0.1, -0.05) is 13.3 Å². The fourth-order valence-corrected chi connectivity index (χ4v) is 4.81. The lowest BCUT2D eigenvalue weighted by Gasteiger charge is -2.33. The van der Waals surface area contributed by atoms with E-state index in [0.717, 1.165) is 30.0 Å². The molecule has 2 amide bonds. The van der Waals surface area contributed by atoms with Crippen LogP contribution in [0.3, 0.4) is 0 Å². The Balaban J connectivity index is 1.28. The van der Waals surface area contributed by atoms with Crippen molar-refractivity contribution in [3.63, 3.8) is 0 Å². The Morgan fingerprint density at radius 3 is 2.59 bits per heavy atom. The fourth-order valence-electron chi connectivity index (χ4n) is 4.81. The van der Waals surface area contributed by atoms with Gasteiger partial charge in [0.1, 0.15) is 0 Å². The molecule has 2 aromatic rings. The molecule has 32 heavy (non-hydrogen) atoms. The van der Waals surface area contributed by atoms with Gasteiger partial charge >= 0.3 is 0 Å². The van der Waals surface area contributed by atoms with Crippen molar-refractivity contribution in [3.8, 4) is 17.1 Å². The number of H-pyrrole nitrogens is 1. The Bertz CT molecular complexity index is 927. The molecule has 2 aliphatic rings. The number of methoxy groups -OCH3 is 1. The third-order valence-corrected chi connectivity index (χ3v) is 6.98. The van der Waals surface area contributed by atoms with Crippen molar-refractivity contribution >= 4 is 11.8 Å². The maximum Gasteiger partial charge on any atom is 0.274 e. The minimum atomic E-state index is -0.106. The zero-order valence-electron chi connectivity index (χ0n) is 19.0. The van der Waals surface area contributed by atoms with Crippen LogP contribution in [0, 0.1) is 11.8 Å². The lowest BCUT2D eigenvalue weighted by molar-refractivity contribution is -0.127. The van der Waals surface area contributed by atoms with Gasteiger partial charge in [0.25, 0.3) is 5.91 Å². The number of aromatic nitrogens is 3. The number of likely N-dealkylation sites (tertiary alicyclic amines) is 1. The Hall–Kier alpha value is -2.90. The molecule has 2 fully saturated rings. The molecule has 8 heteroatoms. The summed E-state index contributed by atoms with van der Waals surface area (Å²) in [6, 6.07) is 5.70. The molecule has 0 spiro atoms. The topological polar surface area (TPSA) is 100 Å². The second kappa shape index (κ2) is 10.1. The van der Waals surface area contributed by atoms with Crippen molar-refractivity contribution in [2.75, 3.05) is 20.2 Å². The van der Waals surface area contributed by atoms with E-state index in [0.29, 0.717) is 43.5 Å². The molecular formula is C24H33N5O3. The van der Waals surface area contributed by atoms with E-state index < -0.39 is 0 Å². The molecule has 8 nitrogen and oxygen atoms in total. The van der Waals surface area contributed by atoms with Crippen molar-refractivity contribution in [2.45, 2.75) is 57.9 Å². The maximum atomic E-state index is 12.9. The van der Waals surface area contributed by atoms with E-state index in [9.17, 15) is 9.59 Å². The van der Waals surface area contributed by atoms with Gasteiger partial charge in [-0.3, -0.25) is 14.7 Å². The van der Waals surface area contributed by atoms with Gasteiger partial charge in [0.2, 0.25) is 11.8 Å². The molecule has 1 aliphatic carbocycles. The highest BCUT2D eigenvalue weighted by molar-refractivity contribution is 5.93. The Kier molecular flexibility index (Phi) is 7.07. The summed E-state index contributed by atoms with van der Waals surface area (Å²) in [7, 11) is 1.56. The number of piperidine rings is 1. The van der Waals surface area contributed by atoms with Gasteiger partial charge in [0.05, 0.1) is 12.8 Å². The number of carbonyl (C=O) groups excluding carboxylic acids is 2. The highest BCUT2D eigenvalue weighted by Crippen LogP contribution is 2.28. The summed E-state index contributed by atoms with van der Waals surface area (Å²) in [5.41, 5.74) is 1.97. The van der Waals surface area contributed by atoms with E-state index in [1.165, 1.54) is 19.3 Å². The van der Waals surface area contributed by atoms with Crippen LogP contribution in [0.5, 0.6) is 5.88 Å². The molecule has 0 aromatic carbocycles. The molecule has 2 aromatic heterocycles. The van der Waals surface area contributed by atoms with Crippen LogP contribution >= 0.6 is 0 Å². The summed E-state index contributed by atoms with van der Waals surface area (Å²) in [6.45, 7) is 3.40. The van der Waals surface area contributed by atoms with Crippen LogP contribution in [0.25, 0.3) is 11.3 Å². The number of rotatable bonds is 6. The van der Waals surface area contributed by atoms with Gasteiger partial charge in [0, 0.05) is 42.9 Å². The molecule has 2 N–H and O–H groups in total. The second-order valence-electron chi connectivity index (χ2n) is 8.95. The fraction of sp³-hybridized carbons (Fsp3) is 0.583. The largest absolute Gasteiger partial charge is 0.481 e. The number of hydrogen-bond donors (Lipinski definition) is 2. The lowest BCUT2D eigenvalue weighted by Crippen LogP contribution is -2.46. The molecule has 0 bridgehead atoms. The van der Waals surface area contributed by atoms with Crippen LogP contribution in [0.1, 0.15) is 62.4 Å². The number of pyridine rings is 1. The summed E-state index contributed by atoms with van der Waals surface area (Å²) in [4.78, 5) is 31.5. The van der Waals surface area contributed by atoms with Crippen molar-refractivity contribution in [1.82, 2.24) is 25.4 Å². The Labute approximate surface area is 189 Å². The highest BCUT2D eigenvalue weighted by Gasteiger charge is 2.30. The van der Waals surface area contributed by atoms with E-state index >= 15 is 0 Å². The SMILES string of the molecule is CC[C@H]1CC[C@H](NC(=O)C2CCN(C(=O)c3cc(-c4ccnc(OC)c4)[nH]n3)CC2)CC1. The van der Waals surface area contributed by atoms with Crippen LogP contribution in [0.2, 0.25) is 0 Å². The van der Waals surface area contributed by atoms with E-state index in [1.54, 1.807) is 30.3 Å². The molecular weight excluding hydrogens is 406 g/mol. The van der Waals surface area contributed by atoms with E-state index in [2.05, 4.69) is 27.4 Å². The summed E-state index contributed by atoms with van der Waals surface area (Å²) < 4.78 is 5.16. The lowest BCUT2D eigenvalue weighted by atomic mass is 9.84. The van der Waals surface area contributed by atoms with Crippen LogP contribution in [-0.4, -0.2) is 58.1 Å². The molecule has 0 unspecified atom stereocenters. The third kappa shape index (κ3) is 5.11. The molecule has 1 saturated heterocycles. The van der Waals surface area contributed by atoms with Gasteiger partial charge in [-0.15, -0.1) is 0 Å². The first-order valence-corrected chi connectivity index (χ1v) is 11.7. The molecule has 3 heterocycles. The van der Waals surface area contributed by atoms with Crippen LogP contribution in [0.4, 0.5) is 0 Å². The zero-order valence-corrected chi connectivity index (χ0v) is 19.0. The maximum absolute atomic E-state index is 12.9. The second-order valence-corrected chi connectivity index (χ2v) is 8.95. The number of amides is 2. The zero-order chi connectivity index (χ0) is 22.5. The first-order chi connectivity index (χ1) is 15.6. The molecule has 172 valence electrons. The average Bonchev–Trinajstić information content (AvgIpc) is 3.34. The van der Waals surface area contributed by atoms with Gasteiger partial charge in [-0.25, -0.2) is 4.98 Å². The standard InChI is InChI=1S/C24H33N5O3/c1-3-16-4-6-19(7-5-16)26-23(30)17-9-12-29(13-10-17)24(31)21-15-20(27-28-21)18-8-11-25-22(14-18)32-2/h8,11,14-17,19H,3-7,9-10,12-13H2,1-2H3,(H,26,30)(H,27,28)/t16-,19-. The van der Waals surface area contributed by atoms with Gasteiger partial charge in [-0.2, -0.15) is 5.10 Å². The van der Waals surface area contributed by atoms with Crippen molar-refractivity contribution in [2.24, 2.45) is 11.8 Å². The Morgan fingerprint density at radius 1 is 1.16 bits per heavy atom. The molecule has 0 atom stereocenters. The van der Waals surface area contributed by atoms with Gasteiger partial charge < -0.3 is 15.0 Å². The first-order valence-electron chi connectivity index (χ1n) is 11.7. The predicted molar refractivity (Wildman–Crippen MR) is 121 cm³/mol. The Morgan fingerprint density at radius 2 is 1.91 bits per heavy atom. The third-order valence-electron chi connectivity index (χ3n) is 6.98. The predicted octanol–water partition coefficient (Wildman–Crippen LogP) is 3.42. The monoisotopic (exact) mass is 439 g/mol. The number of ether oxygens (including phenoxy) is 1. The number of hydrogen-bond acceptors (Lipinski definition) is 5. The number of carbonyl (C=O) groups is 2. The van der Waals surface area contributed by atoms with Crippen molar-refractivity contribution < 1.29 is 14.3 Å².